The van der Waals surface area contributed by atoms with Crippen LogP contribution >= 0.6 is 23.2 Å². The first kappa shape index (κ1) is 12.3. The zero-order valence-electron chi connectivity index (χ0n) is 8.76. The van der Waals surface area contributed by atoms with Crippen LogP contribution in [0, 0.1) is 0 Å². The van der Waals surface area contributed by atoms with Crippen molar-refractivity contribution in [3.63, 3.8) is 0 Å². The summed E-state index contributed by atoms with van der Waals surface area (Å²) < 4.78 is 0. The first-order valence-corrected chi connectivity index (χ1v) is 5.49. The normalized spacial score (nSPS) is 10.1. The lowest BCUT2D eigenvalue weighted by molar-refractivity contribution is -0.129. The molecule has 0 aliphatic rings. The Bertz CT molecular complexity index is 366. The van der Waals surface area contributed by atoms with Gasteiger partial charge in [-0.1, -0.05) is 29.3 Å². The number of nitrogens with zero attached hydrogens (tertiary/aromatic N) is 1. The van der Waals surface area contributed by atoms with Crippen molar-refractivity contribution in [1.29, 1.82) is 0 Å². The Balaban J connectivity index is 2.80. The number of carbonyl (C=O) groups is 1. The Labute approximate surface area is 99.8 Å². The minimum absolute atomic E-state index is 0.0589. The molecule has 0 unspecified atom stereocenters. The molecule has 0 radical (unpaired) electrons. The molecular formula is C11H13Cl2NO. The molecule has 0 aliphatic carbocycles. The molecule has 0 heterocycles. The maximum Gasteiger partial charge on any atom is 0.219 e. The molecule has 0 spiro atoms. The van der Waals surface area contributed by atoms with Gasteiger partial charge in [0.25, 0.3) is 0 Å². The largest absolute Gasteiger partial charge is 0.339 e. The number of benzene rings is 1. The Morgan fingerprint density at radius 2 is 2.00 bits per heavy atom. The Kier molecular flexibility index (Phi) is 4.43. The monoisotopic (exact) mass is 245 g/mol. The molecule has 4 heteroatoms. The molecule has 0 N–H and O–H groups in total. The third-order valence-electron chi connectivity index (χ3n) is 2.18. The average molecular weight is 246 g/mol. The highest BCUT2D eigenvalue weighted by atomic mass is 35.5. The molecule has 0 saturated heterocycles. The van der Waals surface area contributed by atoms with Crippen molar-refractivity contribution in [2.75, 3.05) is 6.54 Å². The Morgan fingerprint density at radius 1 is 1.33 bits per heavy atom. The van der Waals surface area contributed by atoms with Gasteiger partial charge in [-0.3, -0.25) is 4.79 Å². The van der Waals surface area contributed by atoms with E-state index in [1.165, 1.54) is 0 Å². The van der Waals surface area contributed by atoms with Gasteiger partial charge < -0.3 is 4.90 Å². The van der Waals surface area contributed by atoms with Crippen molar-refractivity contribution in [2.24, 2.45) is 0 Å². The fourth-order valence-electron chi connectivity index (χ4n) is 1.30. The van der Waals surface area contributed by atoms with E-state index < -0.39 is 0 Å². The smallest absolute Gasteiger partial charge is 0.219 e. The number of carbonyl (C=O) groups excluding carboxylic acids is 1. The van der Waals surface area contributed by atoms with E-state index in [0.717, 1.165) is 5.56 Å². The third kappa shape index (κ3) is 3.40. The summed E-state index contributed by atoms with van der Waals surface area (Å²) in [5.74, 6) is 0.0589. The van der Waals surface area contributed by atoms with Crippen LogP contribution in [0.4, 0.5) is 0 Å². The van der Waals surface area contributed by atoms with E-state index in [0.29, 0.717) is 23.1 Å². The van der Waals surface area contributed by atoms with Gasteiger partial charge in [0.15, 0.2) is 0 Å². The van der Waals surface area contributed by atoms with Crippen LogP contribution < -0.4 is 0 Å². The van der Waals surface area contributed by atoms with Crippen LogP contribution in [0.25, 0.3) is 0 Å². The highest BCUT2D eigenvalue weighted by Crippen LogP contribution is 2.23. The van der Waals surface area contributed by atoms with E-state index in [1.807, 2.05) is 13.0 Å². The minimum atomic E-state index is 0.0589. The summed E-state index contributed by atoms with van der Waals surface area (Å²) in [6.07, 6.45) is 0. The predicted octanol–water partition coefficient (Wildman–Crippen LogP) is 3.36. The van der Waals surface area contributed by atoms with Crippen LogP contribution in [-0.2, 0) is 11.3 Å². The van der Waals surface area contributed by atoms with Gasteiger partial charge in [0.2, 0.25) is 5.91 Å². The Hall–Kier alpha value is -0.730. The van der Waals surface area contributed by atoms with Crippen molar-refractivity contribution in [1.82, 2.24) is 4.90 Å². The molecule has 1 amide bonds. The zero-order valence-corrected chi connectivity index (χ0v) is 10.3. The van der Waals surface area contributed by atoms with Gasteiger partial charge in [0.1, 0.15) is 0 Å². The number of hydrogen-bond acceptors (Lipinski definition) is 1. The van der Waals surface area contributed by atoms with E-state index in [2.05, 4.69) is 0 Å². The van der Waals surface area contributed by atoms with E-state index in [9.17, 15) is 4.79 Å². The highest BCUT2D eigenvalue weighted by molar-refractivity contribution is 6.42. The molecule has 15 heavy (non-hydrogen) atoms. The first-order valence-electron chi connectivity index (χ1n) is 4.74. The number of rotatable bonds is 3. The van der Waals surface area contributed by atoms with Gasteiger partial charge in [-0.25, -0.2) is 0 Å². The fraction of sp³-hybridized carbons (Fsp3) is 0.364. The molecule has 2 nitrogen and oxygen atoms in total. The maximum atomic E-state index is 11.2. The second-order valence-corrected chi connectivity index (χ2v) is 4.10. The summed E-state index contributed by atoms with van der Waals surface area (Å²) in [7, 11) is 0. The SMILES string of the molecule is CCN(Cc1ccc(Cl)c(Cl)c1)C(C)=O. The second-order valence-electron chi connectivity index (χ2n) is 3.28. The standard InChI is InChI=1S/C11H13Cl2NO/c1-3-14(8(2)15)7-9-4-5-10(12)11(13)6-9/h4-6H,3,7H2,1-2H3. The summed E-state index contributed by atoms with van der Waals surface area (Å²) in [4.78, 5) is 12.9. The van der Waals surface area contributed by atoms with Crippen molar-refractivity contribution >= 4 is 29.1 Å². The zero-order chi connectivity index (χ0) is 11.4. The van der Waals surface area contributed by atoms with E-state index in [1.54, 1.807) is 24.0 Å². The van der Waals surface area contributed by atoms with Crippen LogP contribution in [0.3, 0.4) is 0 Å². The van der Waals surface area contributed by atoms with Crippen LogP contribution in [0.2, 0.25) is 10.0 Å². The summed E-state index contributed by atoms with van der Waals surface area (Å²) in [5.41, 5.74) is 0.987. The molecular weight excluding hydrogens is 233 g/mol. The Morgan fingerprint density at radius 3 is 2.47 bits per heavy atom. The summed E-state index contributed by atoms with van der Waals surface area (Å²) in [5, 5.41) is 1.06. The maximum absolute atomic E-state index is 11.2. The van der Waals surface area contributed by atoms with Gasteiger partial charge in [-0.15, -0.1) is 0 Å². The summed E-state index contributed by atoms with van der Waals surface area (Å²) >= 11 is 11.7. The quantitative estimate of drug-likeness (QED) is 0.800. The lowest BCUT2D eigenvalue weighted by Crippen LogP contribution is -2.27. The summed E-state index contributed by atoms with van der Waals surface area (Å²) in [6, 6.07) is 5.41. The van der Waals surface area contributed by atoms with E-state index in [-0.39, 0.29) is 5.91 Å². The van der Waals surface area contributed by atoms with E-state index in [4.69, 9.17) is 23.2 Å². The van der Waals surface area contributed by atoms with Crippen molar-refractivity contribution in [3.05, 3.63) is 33.8 Å². The van der Waals surface area contributed by atoms with Crippen LogP contribution in [0.15, 0.2) is 18.2 Å². The molecule has 0 atom stereocenters. The molecule has 1 rings (SSSR count). The van der Waals surface area contributed by atoms with Gasteiger partial charge in [0, 0.05) is 20.0 Å². The molecule has 0 saturated carbocycles. The molecule has 0 aliphatic heterocycles. The lowest BCUT2D eigenvalue weighted by atomic mass is 10.2. The third-order valence-corrected chi connectivity index (χ3v) is 2.92. The lowest BCUT2D eigenvalue weighted by Gasteiger charge is -2.19. The van der Waals surface area contributed by atoms with Crippen LogP contribution in [0.5, 0.6) is 0 Å². The molecule has 0 fully saturated rings. The van der Waals surface area contributed by atoms with Gasteiger partial charge in [-0.2, -0.15) is 0 Å². The summed E-state index contributed by atoms with van der Waals surface area (Å²) in [6.45, 7) is 4.76. The van der Waals surface area contributed by atoms with Gasteiger partial charge in [0.05, 0.1) is 10.0 Å². The molecule has 1 aromatic carbocycles. The highest BCUT2D eigenvalue weighted by Gasteiger charge is 2.07. The number of halogens is 2. The van der Waals surface area contributed by atoms with Crippen molar-refractivity contribution in [3.8, 4) is 0 Å². The van der Waals surface area contributed by atoms with Gasteiger partial charge in [-0.05, 0) is 24.6 Å². The molecule has 0 aromatic heterocycles. The number of amides is 1. The van der Waals surface area contributed by atoms with Gasteiger partial charge >= 0.3 is 0 Å². The number of hydrogen-bond donors (Lipinski definition) is 0. The second kappa shape index (κ2) is 5.38. The van der Waals surface area contributed by atoms with Crippen LogP contribution in [-0.4, -0.2) is 17.4 Å². The average Bonchev–Trinajstić information content (AvgIpc) is 2.19. The van der Waals surface area contributed by atoms with E-state index >= 15 is 0 Å². The predicted molar refractivity (Wildman–Crippen MR) is 63.2 cm³/mol. The first-order chi connectivity index (χ1) is 7.04. The van der Waals surface area contributed by atoms with Crippen molar-refractivity contribution in [2.45, 2.75) is 20.4 Å². The molecule has 0 bridgehead atoms. The molecule has 82 valence electrons. The molecule has 1 aromatic rings. The topological polar surface area (TPSA) is 20.3 Å². The fourth-order valence-corrected chi connectivity index (χ4v) is 1.62. The van der Waals surface area contributed by atoms with Crippen LogP contribution in [0.1, 0.15) is 19.4 Å². The minimum Gasteiger partial charge on any atom is -0.339 e. The van der Waals surface area contributed by atoms with Crippen molar-refractivity contribution < 1.29 is 4.79 Å².